The third-order valence-electron chi connectivity index (χ3n) is 3.58. The zero-order valence-corrected chi connectivity index (χ0v) is 14.9. The molecule has 29 heavy (non-hydrogen) atoms. The lowest BCUT2D eigenvalue weighted by Gasteiger charge is -2.25. The summed E-state index contributed by atoms with van der Waals surface area (Å²) in [5.74, 6) is -0.722. The number of anilines is 1. The molecule has 0 aliphatic rings. The predicted molar refractivity (Wildman–Crippen MR) is 91.5 cm³/mol. The van der Waals surface area contributed by atoms with E-state index in [1.54, 1.807) is 6.07 Å². The van der Waals surface area contributed by atoms with E-state index in [2.05, 4.69) is 15.3 Å². The minimum absolute atomic E-state index is 0.0401. The van der Waals surface area contributed by atoms with E-state index in [1.165, 1.54) is 13.0 Å². The maximum Gasteiger partial charge on any atom is 0.416 e. The number of urea groups is 1. The van der Waals surface area contributed by atoms with E-state index in [0.717, 1.165) is 29.4 Å². The molecule has 1 atom stereocenters. The average molecular weight is 413 g/mol. The van der Waals surface area contributed by atoms with Crippen LogP contribution in [-0.2, 0) is 0 Å². The Morgan fingerprint density at radius 1 is 1.38 bits per heavy atom. The van der Waals surface area contributed by atoms with Gasteiger partial charge in [0.25, 0.3) is 0 Å². The Bertz CT molecular complexity index is 899. The Labute approximate surface area is 162 Å². The van der Waals surface area contributed by atoms with Crippen LogP contribution in [0.3, 0.4) is 0 Å². The zero-order chi connectivity index (χ0) is 21.6. The summed E-state index contributed by atoms with van der Waals surface area (Å²) >= 11 is 0. The average Bonchev–Trinajstić information content (AvgIpc) is 2.67. The molecule has 0 unspecified atom stereocenters. The summed E-state index contributed by atoms with van der Waals surface area (Å²) in [7, 11) is 0. The number of nitrogens with zero attached hydrogens (tertiary/aromatic N) is 4. The van der Waals surface area contributed by atoms with Crippen LogP contribution in [-0.4, -0.2) is 51.4 Å². The number of nitrogens with one attached hydrogen (secondary N) is 1. The van der Waals surface area contributed by atoms with Crippen molar-refractivity contribution in [1.29, 1.82) is 5.26 Å². The smallest absolute Gasteiger partial charge is 0.416 e. The molecule has 1 heterocycles. The molecule has 0 spiro atoms. The van der Waals surface area contributed by atoms with E-state index >= 15 is 0 Å². The fraction of sp³-hybridized carbons (Fsp3) is 0.294. The standard InChI is InChI=1S/C17H15F4N5O3/c1-2-26(9-13(27)17(19,20)21)16(28)25-14-7-24-15(8-23-14)29-12-4-3-11(18)5-10(12)6-22/h3-5,7-8,13,27H,2,9H2,1H3,(H,23,25,28)/t13-/m1/s1. The van der Waals surface area contributed by atoms with Gasteiger partial charge in [-0.1, -0.05) is 0 Å². The summed E-state index contributed by atoms with van der Waals surface area (Å²) in [5.41, 5.74) is -0.0639. The van der Waals surface area contributed by atoms with Gasteiger partial charge in [-0.2, -0.15) is 18.4 Å². The Morgan fingerprint density at radius 3 is 2.66 bits per heavy atom. The van der Waals surface area contributed by atoms with E-state index < -0.39 is 30.7 Å². The first kappa shape index (κ1) is 21.8. The van der Waals surface area contributed by atoms with Gasteiger partial charge in [0, 0.05) is 6.54 Å². The highest BCUT2D eigenvalue weighted by molar-refractivity contribution is 5.88. The first-order valence-electron chi connectivity index (χ1n) is 8.14. The normalized spacial score (nSPS) is 12.0. The monoisotopic (exact) mass is 413 g/mol. The summed E-state index contributed by atoms with van der Waals surface area (Å²) in [5, 5.41) is 20.3. The van der Waals surface area contributed by atoms with Crippen molar-refractivity contribution in [2.24, 2.45) is 0 Å². The number of likely N-dealkylation sites (N-methyl/N-ethyl adjacent to an activating group) is 1. The topological polar surface area (TPSA) is 111 Å². The number of aliphatic hydroxyl groups is 1. The summed E-state index contributed by atoms with van der Waals surface area (Å²) in [6, 6.07) is 4.15. The van der Waals surface area contributed by atoms with Crippen LogP contribution in [0.15, 0.2) is 30.6 Å². The number of carbonyl (C=O) groups excluding carboxylic acids is 1. The molecule has 154 valence electrons. The Balaban J connectivity index is 2.03. The van der Waals surface area contributed by atoms with Gasteiger partial charge < -0.3 is 14.7 Å². The van der Waals surface area contributed by atoms with Crippen LogP contribution in [0, 0.1) is 17.1 Å². The molecule has 1 aromatic carbocycles. The molecule has 0 radical (unpaired) electrons. The Kier molecular flexibility index (Phi) is 6.89. The van der Waals surface area contributed by atoms with Crippen molar-refractivity contribution < 1.29 is 32.2 Å². The third-order valence-corrected chi connectivity index (χ3v) is 3.58. The van der Waals surface area contributed by atoms with Gasteiger partial charge in [0.1, 0.15) is 17.6 Å². The molecule has 2 amide bonds. The number of aliphatic hydroxyl groups excluding tert-OH is 1. The number of rotatable bonds is 6. The number of ether oxygens (including phenoxy) is 1. The van der Waals surface area contributed by atoms with Gasteiger partial charge in [-0.15, -0.1) is 0 Å². The quantitative estimate of drug-likeness (QED) is 0.704. The fourth-order valence-corrected chi connectivity index (χ4v) is 2.08. The highest BCUT2D eigenvalue weighted by Crippen LogP contribution is 2.24. The molecular formula is C17H15F4N5O3. The van der Waals surface area contributed by atoms with Crippen molar-refractivity contribution in [2.45, 2.75) is 19.2 Å². The number of benzene rings is 1. The van der Waals surface area contributed by atoms with E-state index in [0.29, 0.717) is 0 Å². The van der Waals surface area contributed by atoms with Crippen molar-refractivity contribution in [3.63, 3.8) is 0 Å². The first-order valence-corrected chi connectivity index (χ1v) is 8.14. The highest BCUT2D eigenvalue weighted by atomic mass is 19.4. The van der Waals surface area contributed by atoms with Crippen molar-refractivity contribution in [3.05, 3.63) is 42.0 Å². The van der Waals surface area contributed by atoms with Gasteiger partial charge in [0.2, 0.25) is 5.88 Å². The van der Waals surface area contributed by atoms with Gasteiger partial charge in [-0.3, -0.25) is 5.32 Å². The zero-order valence-electron chi connectivity index (χ0n) is 14.9. The lowest BCUT2D eigenvalue weighted by atomic mass is 10.2. The molecule has 8 nitrogen and oxygen atoms in total. The van der Waals surface area contributed by atoms with Crippen molar-refractivity contribution >= 4 is 11.8 Å². The maximum atomic E-state index is 13.1. The van der Waals surface area contributed by atoms with Gasteiger partial charge in [0.05, 0.1) is 24.5 Å². The number of aromatic nitrogens is 2. The first-order chi connectivity index (χ1) is 13.6. The van der Waals surface area contributed by atoms with Gasteiger partial charge in [-0.25, -0.2) is 19.2 Å². The van der Waals surface area contributed by atoms with Crippen LogP contribution in [0.1, 0.15) is 12.5 Å². The Hall–Kier alpha value is -3.46. The van der Waals surface area contributed by atoms with Crippen LogP contribution in [0.5, 0.6) is 11.6 Å². The summed E-state index contributed by atoms with van der Waals surface area (Å²) in [6.07, 6.45) is -5.35. The molecule has 2 rings (SSSR count). The second-order valence-electron chi connectivity index (χ2n) is 5.62. The number of nitriles is 1. The van der Waals surface area contributed by atoms with Crippen LogP contribution >= 0.6 is 0 Å². The van der Waals surface area contributed by atoms with Crippen LogP contribution < -0.4 is 10.1 Å². The number of hydrogen-bond donors (Lipinski definition) is 2. The Morgan fingerprint density at radius 2 is 2.10 bits per heavy atom. The molecule has 0 fully saturated rings. The number of halogens is 4. The van der Waals surface area contributed by atoms with E-state index in [-0.39, 0.29) is 29.6 Å². The third kappa shape index (κ3) is 6.01. The van der Waals surface area contributed by atoms with Crippen molar-refractivity contribution in [3.8, 4) is 17.7 Å². The molecule has 2 N–H and O–H groups in total. The number of carbonyl (C=O) groups is 1. The minimum atomic E-state index is -4.85. The lowest BCUT2D eigenvalue weighted by molar-refractivity contribution is -0.206. The molecule has 0 bridgehead atoms. The fourth-order valence-electron chi connectivity index (χ4n) is 2.08. The minimum Gasteiger partial charge on any atom is -0.436 e. The largest absolute Gasteiger partial charge is 0.436 e. The molecular weight excluding hydrogens is 398 g/mol. The van der Waals surface area contributed by atoms with Crippen LogP contribution in [0.2, 0.25) is 0 Å². The maximum absolute atomic E-state index is 13.1. The molecule has 12 heteroatoms. The van der Waals surface area contributed by atoms with Crippen molar-refractivity contribution in [2.75, 3.05) is 18.4 Å². The van der Waals surface area contributed by atoms with E-state index in [4.69, 9.17) is 15.1 Å². The SMILES string of the molecule is CCN(C[C@@H](O)C(F)(F)F)C(=O)Nc1cnc(Oc2ccc(F)cc2C#N)cn1. The molecule has 0 aliphatic carbocycles. The number of alkyl halides is 3. The van der Waals surface area contributed by atoms with Crippen LogP contribution in [0.4, 0.5) is 28.2 Å². The molecule has 0 aliphatic heterocycles. The second-order valence-corrected chi connectivity index (χ2v) is 5.62. The second kappa shape index (κ2) is 9.16. The summed E-state index contributed by atoms with van der Waals surface area (Å²) in [6.45, 7) is 0.415. The number of hydrogen-bond acceptors (Lipinski definition) is 6. The predicted octanol–water partition coefficient (Wildman–Crippen LogP) is 3.06. The molecule has 1 aromatic heterocycles. The lowest BCUT2D eigenvalue weighted by Crippen LogP contribution is -2.45. The van der Waals surface area contributed by atoms with E-state index in [1.807, 2.05) is 0 Å². The van der Waals surface area contributed by atoms with Crippen molar-refractivity contribution in [1.82, 2.24) is 14.9 Å². The highest BCUT2D eigenvalue weighted by Gasteiger charge is 2.39. The van der Waals surface area contributed by atoms with Crippen LogP contribution in [0.25, 0.3) is 0 Å². The number of amides is 2. The van der Waals surface area contributed by atoms with E-state index in [9.17, 15) is 22.4 Å². The molecule has 0 saturated heterocycles. The summed E-state index contributed by atoms with van der Waals surface area (Å²) < 4.78 is 55.8. The molecule has 0 saturated carbocycles. The van der Waals surface area contributed by atoms with Gasteiger partial charge in [-0.05, 0) is 25.1 Å². The van der Waals surface area contributed by atoms with Gasteiger partial charge >= 0.3 is 12.2 Å². The molecule has 2 aromatic rings. The summed E-state index contributed by atoms with van der Waals surface area (Å²) in [4.78, 5) is 20.5. The van der Waals surface area contributed by atoms with Gasteiger partial charge in [0.15, 0.2) is 11.9 Å².